The van der Waals surface area contributed by atoms with Gasteiger partial charge in [-0.15, -0.1) is 0 Å². The predicted octanol–water partition coefficient (Wildman–Crippen LogP) is 7.61. The van der Waals surface area contributed by atoms with E-state index >= 15 is 0 Å². The summed E-state index contributed by atoms with van der Waals surface area (Å²) in [6.45, 7) is 15.7. The van der Waals surface area contributed by atoms with E-state index in [0.717, 1.165) is 25.7 Å². The van der Waals surface area contributed by atoms with E-state index in [2.05, 4.69) is 19.7 Å². The SMILES string of the molecule is C=C(C)C(=O)OCCCCCCC(=O)OC(COC(=O)C(=C)C)COc1cccc(OCC(COc2ccccc2)OC(=O)CCCCCCOC(=O)C(=C)C)c1. The van der Waals surface area contributed by atoms with Crippen molar-refractivity contribution in [3.8, 4) is 17.2 Å². The molecule has 57 heavy (non-hydrogen) atoms. The van der Waals surface area contributed by atoms with Gasteiger partial charge in [-0.1, -0.05) is 69.7 Å². The first-order valence-corrected chi connectivity index (χ1v) is 19.2. The van der Waals surface area contributed by atoms with Crippen molar-refractivity contribution in [1.82, 2.24) is 0 Å². The van der Waals surface area contributed by atoms with Crippen molar-refractivity contribution in [3.05, 3.63) is 91.1 Å². The first-order valence-electron chi connectivity index (χ1n) is 19.2. The number of benzene rings is 2. The fraction of sp³-hybridized carbons (Fsp3) is 0.477. The van der Waals surface area contributed by atoms with Crippen LogP contribution in [0, 0.1) is 0 Å². The lowest BCUT2D eigenvalue weighted by atomic mass is 10.1. The van der Waals surface area contributed by atoms with E-state index in [0.29, 0.717) is 60.7 Å². The zero-order valence-corrected chi connectivity index (χ0v) is 33.6. The molecule has 0 saturated carbocycles. The Morgan fingerprint density at radius 3 is 1.32 bits per heavy atom. The van der Waals surface area contributed by atoms with Gasteiger partial charge in [0.25, 0.3) is 0 Å². The summed E-state index contributed by atoms with van der Waals surface area (Å²) < 4.78 is 44.6. The van der Waals surface area contributed by atoms with Crippen molar-refractivity contribution in [3.63, 3.8) is 0 Å². The van der Waals surface area contributed by atoms with E-state index in [9.17, 15) is 24.0 Å². The second kappa shape index (κ2) is 27.9. The number of hydrogen-bond donors (Lipinski definition) is 0. The Kier molecular flexibility index (Phi) is 23.3. The van der Waals surface area contributed by atoms with Crippen LogP contribution in [0.25, 0.3) is 0 Å². The lowest BCUT2D eigenvalue weighted by Gasteiger charge is -2.20. The van der Waals surface area contributed by atoms with Gasteiger partial charge in [0.05, 0.1) is 13.2 Å². The minimum atomic E-state index is -0.898. The highest BCUT2D eigenvalue weighted by Crippen LogP contribution is 2.21. The lowest BCUT2D eigenvalue weighted by molar-refractivity contribution is -0.159. The first kappa shape index (κ1) is 47.6. The normalized spacial score (nSPS) is 11.6. The summed E-state index contributed by atoms with van der Waals surface area (Å²) in [5.41, 5.74) is 0.906. The van der Waals surface area contributed by atoms with E-state index in [1.165, 1.54) is 6.92 Å². The highest BCUT2D eigenvalue weighted by molar-refractivity contribution is 5.87. The average Bonchev–Trinajstić information content (AvgIpc) is 3.19. The first-order chi connectivity index (χ1) is 27.3. The molecule has 0 fully saturated rings. The van der Waals surface area contributed by atoms with Crippen LogP contribution in [-0.4, -0.2) is 81.7 Å². The summed E-state index contributed by atoms with van der Waals surface area (Å²) in [5, 5.41) is 0. The van der Waals surface area contributed by atoms with Crippen LogP contribution in [0.4, 0.5) is 0 Å². The van der Waals surface area contributed by atoms with E-state index in [4.69, 9.17) is 37.9 Å². The molecule has 2 atom stereocenters. The van der Waals surface area contributed by atoms with Gasteiger partial charge in [0.2, 0.25) is 0 Å². The van der Waals surface area contributed by atoms with E-state index in [1.807, 2.05) is 18.2 Å². The highest BCUT2D eigenvalue weighted by atomic mass is 16.6. The zero-order chi connectivity index (χ0) is 41.8. The maximum atomic E-state index is 12.8. The fourth-order valence-electron chi connectivity index (χ4n) is 4.78. The summed E-state index contributed by atoms with van der Waals surface area (Å²) in [6, 6.07) is 15.9. The molecule has 0 aliphatic heterocycles. The van der Waals surface area contributed by atoms with Crippen LogP contribution in [0.1, 0.15) is 85.0 Å². The van der Waals surface area contributed by atoms with Gasteiger partial charge in [-0.3, -0.25) is 9.59 Å². The molecule has 0 aromatic heterocycles. The Morgan fingerprint density at radius 1 is 0.474 bits per heavy atom. The fourth-order valence-corrected chi connectivity index (χ4v) is 4.78. The number of para-hydroxylation sites is 1. The van der Waals surface area contributed by atoms with E-state index < -0.39 is 36.1 Å². The molecule has 0 heterocycles. The van der Waals surface area contributed by atoms with Gasteiger partial charge >= 0.3 is 29.8 Å². The Bertz CT molecular complexity index is 1600. The molecule has 2 aromatic carbocycles. The monoisotopic (exact) mass is 794 g/mol. The minimum Gasteiger partial charge on any atom is -0.490 e. The quantitative estimate of drug-likeness (QED) is 0.0330. The molecule has 0 N–H and O–H groups in total. The van der Waals surface area contributed by atoms with Crippen LogP contribution in [0.15, 0.2) is 91.1 Å². The molecule has 0 bridgehead atoms. The molecule has 2 unspecified atom stereocenters. The molecule has 0 spiro atoms. The molecule has 0 aliphatic rings. The van der Waals surface area contributed by atoms with Gasteiger partial charge in [-0.2, -0.15) is 0 Å². The van der Waals surface area contributed by atoms with Gasteiger partial charge in [0.15, 0.2) is 12.2 Å². The van der Waals surface area contributed by atoms with Crippen molar-refractivity contribution in [2.24, 2.45) is 0 Å². The van der Waals surface area contributed by atoms with E-state index in [1.54, 1.807) is 50.2 Å². The van der Waals surface area contributed by atoms with Crippen molar-refractivity contribution < 1.29 is 61.9 Å². The third kappa shape index (κ3) is 22.5. The highest BCUT2D eigenvalue weighted by Gasteiger charge is 2.20. The molecule has 0 amide bonds. The summed E-state index contributed by atoms with van der Waals surface area (Å²) >= 11 is 0. The average molecular weight is 795 g/mol. The summed E-state index contributed by atoms with van der Waals surface area (Å²) in [5.74, 6) is -0.873. The Labute approximate surface area is 336 Å². The molecule has 2 rings (SSSR count). The summed E-state index contributed by atoms with van der Waals surface area (Å²) in [7, 11) is 0. The van der Waals surface area contributed by atoms with Crippen LogP contribution >= 0.6 is 0 Å². The van der Waals surface area contributed by atoms with Crippen LogP contribution in [0.2, 0.25) is 0 Å². The molecule has 0 aliphatic carbocycles. The second-order valence-corrected chi connectivity index (χ2v) is 13.5. The van der Waals surface area contributed by atoms with Crippen LogP contribution in [-0.2, 0) is 47.7 Å². The summed E-state index contributed by atoms with van der Waals surface area (Å²) in [6.07, 6.45) is 4.31. The maximum Gasteiger partial charge on any atom is 0.333 e. The van der Waals surface area contributed by atoms with Crippen molar-refractivity contribution in [2.45, 2.75) is 97.2 Å². The smallest absolute Gasteiger partial charge is 0.333 e. The van der Waals surface area contributed by atoms with Gasteiger partial charge in [0, 0.05) is 35.6 Å². The molecule has 2 aromatic rings. The summed E-state index contributed by atoms with van der Waals surface area (Å²) in [4.78, 5) is 60.5. The van der Waals surface area contributed by atoms with Crippen molar-refractivity contribution >= 4 is 29.8 Å². The largest absolute Gasteiger partial charge is 0.490 e. The minimum absolute atomic E-state index is 0.00709. The van der Waals surface area contributed by atoms with Gasteiger partial charge in [0.1, 0.15) is 43.7 Å². The predicted molar refractivity (Wildman–Crippen MR) is 213 cm³/mol. The number of ether oxygens (including phenoxy) is 8. The topological polar surface area (TPSA) is 159 Å². The van der Waals surface area contributed by atoms with Crippen LogP contribution in [0.5, 0.6) is 17.2 Å². The number of carbonyl (C=O) groups excluding carboxylic acids is 5. The number of esters is 5. The molecular formula is C44H58O13. The van der Waals surface area contributed by atoms with Gasteiger partial charge in [-0.05, 0) is 70.7 Å². The van der Waals surface area contributed by atoms with Crippen molar-refractivity contribution in [1.29, 1.82) is 0 Å². The third-order valence-corrected chi connectivity index (χ3v) is 7.92. The molecule has 312 valence electrons. The van der Waals surface area contributed by atoms with E-state index in [-0.39, 0.29) is 57.4 Å². The molecule has 0 radical (unpaired) electrons. The number of rotatable bonds is 30. The van der Waals surface area contributed by atoms with Gasteiger partial charge in [-0.25, -0.2) is 14.4 Å². The molecule has 13 heteroatoms. The number of carbonyl (C=O) groups is 5. The zero-order valence-electron chi connectivity index (χ0n) is 33.6. The van der Waals surface area contributed by atoms with Crippen LogP contribution in [0.3, 0.4) is 0 Å². The second-order valence-electron chi connectivity index (χ2n) is 13.5. The van der Waals surface area contributed by atoms with Gasteiger partial charge < -0.3 is 37.9 Å². The van der Waals surface area contributed by atoms with Crippen molar-refractivity contribution in [2.75, 3.05) is 39.6 Å². The van der Waals surface area contributed by atoms with Crippen LogP contribution < -0.4 is 14.2 Å². The Hall–Kier alpha value is -5.59. The molecule has 0 saturated heterocycles. The molecular weight excluding hydrogens is 736 g/mol. The number of unbranched alkanes of at least 4 members (excludes halogenated alkanes) is 6. The lowest BCUT2D eigenvalue weighted by Crippen LogP contribution is -2.31. The Morgan fingerprint density at radius 2 is 0.860 bits per heavy atom. The number of hydrogen-bond acceptors (Lipinski definition) is 13. The maximum absolute atomic E-state index is 12.8. The Balaban J connectivity index is 1.90. The molecule has 13 nitrogen and oxygen atoms in total. The third-order valence-electron chi connectivity index (χ3n) is 7.92. The standard InChI is InChI=1S/C44H58O13/c1-32(2)42(47)50-25-16-9-7-14-23-40(45)56-38(28-52-35-19-12-11-13-20-35)29-53-36-21-18-22-37(27-36)54-30-39(31-55-44(49)34(5)6)57-41(46)24-15-8-10-17-26-51-43(48)33(3)4/h11-13,18-22,27,38-39H,1,3,5,7-10,14-17,23-26,28-31H2,2,4,6H3.